The Labute approximate surface area is 179 Å². The van der Waals surface area contributed by atoms with Crippen LogP contribution in [-0.2, 0) is 13.2 Å². The van der Waals surface area contributed by atoms with Crippen LogP contribution >= 0.6 is 11.6 Å². The van der Waals surface area contributed by atoms with E-state index in [1.165, 1.54) is 0 Å². The van der Waals surface area contributed by atoms with E-state index in [9.17, 15) is 4.79 Å². The predicted molar refractivity (Wildman–Crippen MR) is 117 cm³/mol. The van der Waals surface area contributed by atoms with Crippen molar-refractivity contribution in [2.75, 3.05) is 0 Å². The lowest BCUT2D eigenvalue weighted by Crippen LogP contribution is -2.22. The summed E-state index contributed by atoms with van der Waals surface area (Å²) < 4.78 is 7.73. The van der Waals surface area contributed by atoms with Crippen molar-refractivity contribution in [1.29, 1.82) is 0 Å². The molecule has 0 fully saturated rings. The van der Waals surface area contributed by atoms with Crippen LogP contribution in [0.25, 0.3) is 5.69 Å². The molecule has 4 rings (SSSR count). The molecule has 0 saturated carbocycles. The van der Waals surface area contributed by atoms with Crippen LogP contribution in [0.15, 0.2) is 91.5 Å². The van der Waals surface area contributed by atoms with E-state index in [2.05, 4.69) is 10.3 Å². The van der Waals surface area contributed by atoms with Crippen LogP contribution in [0.3, 0.4) is 0 Å². The Morgan fingerprint density at radius 3 is 2.63 bits per heavy atom. The van der Waals surface area contributed by atoms with Crippen molar-refractivity contribution >= 4 is 17.5 Å². The first kappa shape index (κ1) is 19.7. The maximum Gasteiger partial charge on any atom is 0.251 e. The molecule has 1 N–H and O–H groups in total. The van der Waals surface area contributed by atoms with E-state index in [-0.39, 0.29) is 5.91 Å². The molecule has 0 aliphatic heterocycles. The second-order valence-electron chi connectivity index (χ2n) is 6.73. The van der Waals surface area contributed by atoms with Gasteiger partial charge in [-0.1, -0.05) is 48.0 Å². The molecule has 4 aromatic rings. The molecule has 30 heavy (non-hydrogen) atoms. The summed E-state index contributed by atoms with van der Waals surface area (Å²) >= 11 is 6.16. The lowest BCUT2D eigenvalue weighted by Gasteiger charge is -2.10. The smallest absolute Gasteiger partial charge is 0.251 e. The number of hydrogen-bond acceptors (Lipinski definition) is 3. The van der Waals surface area contributed by atoms with Crippen molar-refractivity contribution in [2.45, 2.75) is 13.2 Å². The van der Waals surface area contributed by atoms with Crippen molar-refractivity contribution in [1.82, 2.24) is 14.9 Å². The Balaban J connectivity index is 1.34. The lowest BCUT2D eigenvalue weighted by molar-refractivity contribution is 0.0950. The number of aromatic nitrogens is 2. The topological polar surface area (TPSA) is 56.2 Å². The van der Waals surface area contributed by atoms with Gasteiger partial charge in [-0.15, -0.1) is 0 Å². The molecule has 0 saturated heterocycles. The summed E-state index contributed by atoms with van der Waals surface area (Å²) in [5.41, 5.74) is 3.47. The highest BCUT2D eigenvalue weighted by atomic mass is 35.5. The number of nitrogens with one attached hydrogen (secondary N) is 1. The van der Waals surface area contributed by atoms with Gasteiger partial charge in [0, 0.05) is 40.8 Å². The number of carbonyl (C=O) groups excluding carboxylic acids is 1. The fourth-order valence-electron chi connectivity index (χ4n) is 2.99. The summed E-state index contributed by atoms with van der Waals surface area (Å²) in [5.74, 6) is 0.462. The zero-order valence-electron chi connectivity index (χ0n) is 16.2. The second-order valence-corrected chi connectivity index (χ2v) is 7.13. The maximum atomic E-state index is 12.6. The van der Waals surface area contributed by atoms with E-state index in [4.69, 9.17) is 16.3 Å². The van der Waals surface area contributed by atoms with Crippen molar-refractivity contribution in [3.8, 4) is 11.4 Å². The van der Waals surface area contributed by atoms with Crippen LogP contribution in [0.1, 0.15) is 21.5 Å². The molecule has 1 heterocycles. The highest BCUT2D eigenvalue weighted by molar-refractivity contribution is 6.31. The third-order valence-electron chi connectivity index (χ3n) is 4.64. The molecule has 1 aromatic heterocycles. The minimum atomic E-state index is -0.156. The average Bonchev–Trinajstić information content (AvgIpc) is 3.32. The first-order valence-corrected chi connectivity index (χ1v) is 9.88. The van der Waals surface area contributed by atoms with Crippen LogP contribution < -0.4 is 10.1 Å². The molecule has 0 unspecified atom stereocenters. The molecule has 0 aliphatic rings. The molecule has 1 amide bonds. The highest BCUT2D eigenvalue weighted by Crippen LogP contribution is 2.19. The van der Waals surface area contributed by atoms with Crippen LogP contribution in [0.4, 0.5) is 0 Å². The lowest BCUT2D eigenvalue weighted by atomic mass is 10.1. The van der Waals surface area contributed by atoms with Crippen LogP contribution in [0.5, 0.6) is 5.75 Å². The van der Waals surface area contributed by atoms with Gasteiger partial charge in [-0.25, -0.2) is 4.98 Å². The van der Waals surface area contributed by atoms with Gasteiger partial charge in [0.05, 0.1) is 6.33 Å². The number of halogens is 1. The Bertz CT molecular complexity index is 1130. The summed E-state index contributed by atoms with van der Waals surface area (Å²) in [5, 5.41) is 3.60. The Morgan fingerprint density at radius 1 is 1.03 bits per heavy atom. The number of nitrogens with zero attached hydrogens (tertiary/aromatic N) is 2. The van der Waals surface area contributed by atoms with Gasteiger partial charge < -0.3 is 14.6 Å². The molecule has 5 nitrogen and oxygen atoms in total. The molecule has 0 spiro atoms. The standard InChI is InChI=1S/C24H20ClN3O2/c25-23-7-2-1-4-20(23)16-30-22-6-3-5-19(14-22)24(29)27-15-18-8-10-21(11-9-18)28-13-12-26-17-28/h1-14,17H,15-16H2,(H,27,29). The second kappa shape index (κ2) is 9.29. The third kappa shape index (κ3) is 4.88. The molecule has 3 aromatic carbocycles. The van der Waals surface area contributed by atoms with Gasteiger partial charge in [-0.3, -0.25) is 4.79 Å². The van der Waals surface area contributed by atoms with Crippen molar-refractivity contribution in [3.05, 3.63) is 113 Å². The molecule has 150 valence electrons. The molecular formula is C24H20ClN3O2. The Hall–Kier alpha value is -3.57. The summed E-state index contributed by atoms with van der Waals surface area (Å²) in [4.78, 5) is 16.6. The van der Waals surface area contributed by atoms with Crippen LogP contribution in [0.2, 0.25) is 5.02 Å². The first-order chi connectivity index (χ1) is 14.7. The Kier molecular flexibility index (Phi) is 6.11. The van der Waals surface area contributed by atoms with Crippen molar-refractivity contribution in [2.24, 2.45) is 0 Å². The normalized spacial score (nSPS) is 10.6. The van der Waals surface area contributed by atoms with Gasteiger partial charge in [-0.05, 0) is 42.0 Å². The van der Waals surface area contributed by atoms with Gasteiger partial charge >= 0.3 is 0 Å². The third-order valence-corrected chi connectivity index (χ3v) is 5.01. The van der Waals surface area contributed by atoms with Crippen LogP contribution in [-0.4, -0.2) is 15.5 Å². The van der Waals surface area contributed by atoms with E-state index in [0.717, 1.165) is 16.8 Å². The molecule has 0 radical (unpaired) electrons. The number of imidazole rings is 1. The zero-order valence-corrected chi connectivity index (χ0v) is 16.9. The van der Waals surface area contributed by atoms with Gasteiger partial charge in [0.2, 0.25) is 0 Å². The minimum absolute atomic E-state index is 0.156. The first-order valence-electron chi connectivity index (χ1n) is 9.51. The number of ether oxygens (including phenoxy) is 1. The average molecular weight is 418 g/mol. The van der Waals surface area contributed by atoms with Crippen LogP contribution in [0, 0.1) is 0 Å². The minimum Gasteiger partial charge on any atom is -0.489 e. The molecule has 0 aliphatic carbocycles. The van der Waals surface area contributed by atoms with Crippen molar-refractivity contribution in [3.63, 3.8) is 0 Å². The monoisotopic (exact) mass is 417 g/mol. The summed E-state index contributed by atoms with van der Waals surface area (Å²) in [7, 11) is 0. The van der Waals surface area contributed by atoms with E-state index < -0.39 is 0 Å². The van der Waals surface area contributed by atoms with E-state index in [1.807, 2.05) is 65.4 Å². The SMILES string of the molecule is O=C(NCc1ccc(-n2ccnc2)cc1)c1cccc(OCc2ccccc2Cl)c1. The summed E-state index contributed by atoms with van der Waals surface area (Å²) in [6.07, 6.45) is 5.37. The number of hydrogen-bond donors (Lipinski definition) is 1. The van der Waals surface area contributed by atoms with E-state index >= 15 is 0 Å². The summed E-state index contributed by atoms with van der Waals surface area (Å²) in [6.45, 7) is 0.780. The van der Waals surface area contributed by atoms with E-state index in [1.54, 1.807) is 30.7 Å². The van der Waals surface area contributed by atoms with Gasteiger partial charge in [0.15, 0.2) is 0 Å². The Morgan fingerprint density at radius 2 is 1.87 bits per heavy atom. The van der Waals surface area contributed by atoms with Gasteiger partial charge in [0.25, 0.3) is 5.91 Å². The molecule has 6 heteroatoms. The highest BCUT2D eigenvalue weighted by Gasteiger charge is 2.08. The number of benzene rings is 3. The summed E-state index contributed by atoms with van der Waals surface area (Å²) in [6, 6.07) is 22.6. The molecule has 0 bridgehead atoms. The number of carbonyl (C=O) groups is 1. The number of amides is 1. The largest absolute Gasteiger partial charge is 0.489 e. The van der Waals surface area contributed by atoms with Gasteiger partial charge in [-0.2, -0.15) is 0 Å². The van der Waals surface area contributed by atoms with E-state index in [0.29, 0.717) is 29.5 Å². The van der Waals surface area contributed by atoms with Gasteiger partial charge in [0.1, 0.15) is 12.4 Å². The quantitative estimate of drug-likeness (QED) is 0.458. The molecular weight excluding hydrogens is 398 g/mol. The number of rotatable bonds is 7. The zero-order chi connectivity index (χ0) is 20.8. The molecule has 0 atom stereocenters. The predicted octanol–water partition coefficient (Wildman–Crippen LogP) is 5.03. The fraction of sp³-hybridized carbons (Fsp3) is 0.0833. The fourth-order valence-corrected chi connectivity index (χ4v) is 3.18. The maximum absolute atomic E-state index is 12.6. The van der Waals surface area contributed by atoms with Crippen molar-refractivity contribution < 1.29 is 9.53 Å².